The summed E-state index contributed by atoms with van der Waals surface area (Å²) in [6.45, 7) is 1.56. The minimum Gasteiger partial charge on any atom is -0.319 e. The predicted octanol–water partition coefficient (Wildman–Crippen LogP) is 1.19. The molecule has 7 heteroatoms. The zero-order valence-electron chi connectivity index (χ0n) is 10.6. The first kappa shape index (κ1) is 14.4. The van der Waals surface area contributed by atoms with Crippen LogP contribution in [0.5, 0.6) is 0 Å². The molecule has 2 rings (SSSR count). The lowest BCUT2D eigenvalue weighted by atomic mass is 10.1. The zero-order valence-corrected chi connectivity index (χ0v) is 11.4. The van der Waals surface area contributed by atoms with Crippen LogP contribution in [0.25, 0.3) is 0 Å². The molecule has 1 aromatic rings. The van der Waals surface area contributed by atoms with Crippen LogP contribution in [-0.4, -0.2) is 39.4 Å². The number of nitrogens with zero attached hydrogens (tertiary/aromatic N) is 1. The van der Waals surface area contributed by atoms with Gasteiger partial charge in [-0.05, 0) is 44.1 Å². The van der Waals surface area contributed by atoms with E-state index in [1.54, 1.807) is 0 Å². The first-order valence-corrected chi connectivity index (χ1v) is 7.49. The largest absolute Gasteiger partial charge is 0.319 e. The molecule has 19 heavy (non-hydrogen) atoms. The van der Waals surface area contributed by atoms with Gasteiger partial charge >= 0.3 is 0 Å². The molecule has 0 aromatic heterocycles. The minimum atomic E-state index is -3.73. The van der Waals surface area contributed by atoms with Gasteiger partial charge in [0.2, 0.25) is 10.0 Å². The molecular formula is C12H16F2N2O2S. The maximum atomic E-state index is 13.1. The highest BCUT2D eigenvalue weighted by Gasteiger charge is 2.32. The Kier molecular flexibility index (Phi) is 4.17. The van der Waals surface area contributed by atoms with Crippen molar-refractivity contribution < 1.29 is 17.2 Å². The maximum absolute atomic E-state index is 13.1. The molecule has 0 saturated carbocycles. The second-order valence-electron chi connectivity index (χ2n) is 4.65. The van der Waals surface area contributed by atoms with E-state index in [1.165, 1.54) is 4.31 Å². The quantitative estimate of drug-likeness (QED) is 0.906. The Hall–Kier alpha value is -1.05. The van der Waals surface area contributed by atoms with Crippen LogP contribution in [0.15, 0.2) is 23.1 Å². The summed E-state index contributed by atoms with van der Waals surface area (Å²) in [6.07, 6.45) is 0.768. The van der Waals surface area contributed by atoms with Crippen LogP contribution in [0, 0.1) is 17.6 Å². The van der Waals surface area contributed by atoms with Crippen molar-refractivity contribution in [1.82, 2.24) is 9.62 Å². The Morgan fingerprint density at radius 2 is 2.11 bits per heavy atom. The molecule has 1 aliphatic heterocycles. The number of sulfonamides is 1. The molecule has 106 valence electrons. The number of hydrogen-bond acceptors (Lipinski definition) is 3. The van der Waals surface area contributed by atoms with Gasteiger partial charge in [0.1, 0.15) is 0 Å². The number of halogens is 2. The summed E-state index contributed by atoms with van der Waals surface area (Å²) in [6, 6.07) is 2.67. The number of nitrogens with one attached hydrogen (secondary N) is 1. The van der Waals surface area contributed by atoms with Crippen molar-refractivity contribution in [2.45, 2.75) is 11.3 Å². The van der Waals surface area contributed by atoms with Crippen LogP contribution in [0.3, 0.4) is 0 Å². The normalized spacial score (nSPS) is 20.9. The van der Waals surface area contributed by atoms with E-state index in [4.69, 9.17) is 0 Å². The monoisotopic (exact) mass is 290 g/mol. The van der Waals surface area contributed by atoms with E-state index < -0.39 is 21.7 Å². The fourth-order valence-electron chi connectivity index (χ4n) is 2.26. The van der Waals surface area contributed by atoms with Crippen LogP contribution in [0.4, 0.5) is 8.78 Å². The zero-order chi connectivity index (χ0) is 14.0. The summed E-state index contributed by atoms with van der Waals surface area (Å²) < 4.78 is 51.8. The van der Waals surface area contributed by atoms with Crippen LogP contribution in [-0.2, 0) is 10.0 Å². The number of rotatable bonds is 4. The summed E-state index contributed by atoms with van der Waals surface area (Å²) in [5.74, 6) is -1.94. The summed E-state index contributed by atoms with van der Waals surface area (Å²) in [5, 5.41) is 3.01. The van der Waals surface area contributed by atoms with Gasteiger partial charge in [-0.25, -0.2) is 17.2 Å². The predicted molar refractivity (Wildman–Crippen MR) is 67.2 cm³/mol. The van der Waals surface area contributed by atoms with E-state index >= 15 is 0 Å². The molecule has 4 nitrogen and oxygen atoms in total. The van der Waals surface area contributed by atoms with Crippen molar-refractivity contribution in [3.05, 3.63) is 29.8 Å². The molecule has 0 radical (unpaired) electrons. The van der Waals surface area contributed by atoms with Crippen molar-refractivity contribution in [2.24, 2.45) is 5.92 Å². The molecular weight excluding hydrogens is 274 g/mol. The van der Waals surface area contributed by atoms with Crippen LogP contribution in [0.1, 0.15) is 6.42 Å². The standard InChI is InChI=1S/C12H16F2N2O2S/c1-15-7-9-4-5-16(8-9)19(17,18)10-2-3-11(13)12(14)6-10/h2-3,6,9,15H,4-5,7-8H2,1H3/t9-/m1/s1. The van der Waals surface area contributed by atoms with Crippen LogP contribution < -0.4 is 5.32 Å². The van der Waals surface area contributed by atoms with E-state index in [0.717, 1.165) is 31.2 Å². The molecule has 1 aliphatic rings. The van der Waals surface area contributed by atoms with Crippen molar-refractivity contribution >= 4 is 10.0 Å². The Bertz CT molecular complexity index is 563. The second-order valence-corrected chi connectivity index (χ2v) is 6.59. The molecule has 0 spiro atoms. The highest BCUT2D eigenvalue weighted by molar-refractivity contribution is 7.89. The molecule has 1 aromatic carbocycles. The van der Waals surface area contributed by atoms with Crippen molar-refractivity contribution in [3.63, 3.8) is 0 Å². The van der Waals surface area contributed by atoms with Gasteiger partial charge in [0.05, 0.1) is 4.90 Å². The van der Waals surface area contributed by atoms with Crippen LogP contribution in [0.2, 0.25) is 0 Å². The van der Waals surface area contributed by atoms with Crippen molar-refractivity contribution in [3.8, 4) is 0 Å². The Morgan fingerprint density at radius 1 is 1.37 bits per heavy atom. The molecule has 0 bridgehead atoms. The second kappa shape index (κ2) is 5.52. The third kappa shape index (κ3) is 2.93. The Balaban J connectivity index is 2.21. The third-order valence-electron chi connectivity index (χ3n) is 3.27. The lowest BCUT2D eigenvalue weighted by Gasteiger charge is -2.16. The van der Waals surface area contributed by atoms with Gasteiger partial charge in [-0.3, -0.25) is 0 Å². The highest BCUT2D eigenvalue weighted by Crippen LogP contribution is 2.24. The highest BCUT2D eigenvalue weighted by atomic mass is 32.2. The van der Waals surface area contributed by atoms with Gasteiger partial charge < -0.3 is 5.32 Å². The first-order valence-electron chi connectivity index (χ1n) is 6.05. The van der Waals surface area contributed by atoms with E-state index in [2.05, 4.69) is 5.32 Å². The van der Waals surface area contributed by atoms with Gasteiger partial charge in [0.15, 0.2) is 11.6 Å². The molecule has 0 unspecified atom stereocenters. The molecule has 1 atom stereocenters. The van der Waals surface area contributed by atoms with Gasteiger partial charge in [-0.1, -0.05) is 0 Å². The van der Waals surface area contributed by atoms with E-state index in [-0.39, 0.29) is 10.8 Å². The average Bonchev–Trinajstić information content (AvgIpc) is 2.82. The van der Waals surface area contributed by atoms with Crippen molar-refractivity contribution in [2.75, 3.05) is 26.7 Å². The summed E-state index contributed by atoms with van der Waals surface area (Å²) in [7, 11) is -1.92. The van der Waals surface area contributed by atoms with E-state index in [0.29, 0.717) is 13.1 Å². The maximum Gasteiger partial charge on any atom is 0.243 e. The molecule has 1 fully saturated rings. The summed E-state index contributed by atoms with van der Waals surface area (Å²) >= 11 is 0. The molecule has 1 saturated heterocycles. The Morgan fingerprint density at radius 3 is 2.74 bits per heavy atom. The fraction of sp³-hybridized carbons (Fsp3) is 0.500. The Labute approximate surface area is 111 Å². The minimum absolute atomic E-state index is 0.198. The van der Waals surface area contributed by atoms with E-state index in [1.807, 2.05) is 7.05 Å². The SMILES string of the molecule is CNC[C@H]1CCN(S(=O)(=O)c2ccc(F)c(F)c2)C1. The molecule has 1 N–H and O–H groups in total. The summed E-state index contributed by atoms with van der Waals surface area (Å²) in [5.41, 5.74) is 0. The lowest BCUT2D eigenvalue weighted by molar-refractivity contribution is 0.449. The fourth-order valence-corrected chi connectivity index (χ4v) is 3.80. The molecule has 0 amide bonds. The smallest absolute Gasteiger partial charge is 0.243 e. The average molecular weight is 290 g/mol. The lowest BCUT2D eigenvalue weighted by Crippen LogP contribution is -2.30. The van der Waals surface area contributed by atoms with Gasteiger partial charge in [-0.2, -0.15) is 4.31 Å². The summed E-state index contributed by atoms with van der Waals surface area (Å²) in [4.78, 5) is -0.198. The number of hydrogen-bond donors (Lipinski definition) is 1. The van der Waals surface area contributed by atoms with E-state index in [9.17, 15) is 17.2 Å². The molecule has 1 heterocycles. The third-order valence-corrected chi connectivity index (χ3v) is 5.13. The van der Waals surface area contributed by atoms with Gasteiger partial charge in [-0.15, -0.1) is 0 Å². The van der Waals surface area contributed by atoms with Gasteiger partial charge in [0, 0.05) is 13.1 Å². The first-order chi connectivity index (χ1) is 8.95. The topological polar surface area (TPSA) is 49.4 Å². The number of benzene rings is 1. The van der Waals surface area contributed by atoms with Gasteiger partial charge in [0.25, 0.3) is 0 Å². The van der Waals surface area contributed by atoms with Crippen LogP contribution >= 0.6 is 0 Å². The molecule has 0 aliphatic carbocycles. The van der Waals surface area contributed by atoms with Crippen molar-refractivity contribution in [1.29, 1.82) is 0 Å².